The zero-order chi connectivity index (χ0) is 14.1. The molecular formula is C14H12N2O3S. The second-order valence-electron chi connectivity index (χ2n) is 4.51. The first-order valence-electron chi connectivity index (χ1n) is 6.14. The minimum absolute atomic E-state index is 0.272. The van der Waals surface area contributed by atoms with Crippen LogP contribution in [-0.2, 0) is 4.79 Å². The lowest BCUT2D eigenvalue weighted by atomic mass is 10.1. The van der Waals surface area contributed by atoms with E-state index in [0.29, 0.717) is 22.7 Å². The first-order valence-corrected chi connectivity index (χ1v) is 7.29. The Morgan fingerprint density at radius 3 is 2.90 bits per heavy atom. The minimum Gasteiger partial charge on any atom is -0.480 e. The Kier molecular flexibility index (Phi) is 3.31. The molecule has 1 saturated heterocycles. The highest BCUT2D eigenvalue weighted by Crippen LogP contribution is 2.25. The standard InChI is InChI=1S/C14H12N2O3S/c17-13(16-8-20-7-11(16)14(18)19)10-5-1-3-9-4-2-6-15-12(9)10/h1-6,11H,7-8H2,(H,18,19)/t11-/m0/s1. The number of benzene rings is 1. The average Bonchev–Trinajstić information content (AvgIpc) is 2.95. The van der Waals surface area contributed by atoms with Crippen LogP contribution in [0.2, 0.25) is 0 Å². The van der Waals surface area contributed by atoms with E-state index in [1.807, 2.05) is 18.2 Å². The molecule has 1 aliphatic rings. The van der Waals surface area contributed by atoms with Crippen molar-refractivity contribution in [3.63, 3.8) is 0 Å². The van der Waals surface area contributed by atoms with Crippen LogP contribution in [0.1, 0.15) is 10.4 Å². The van der Waals surface area contributed by atoms with Crippen molar-refractivity contribution in [1.82, 2.24) is 9.88 Å². The molecule has 20 heavy (non-hydrogen) atoms. The van der Waals surface area contributed by atoms with E-state index in [-0.39, 0.29) is 5.91 Å². The number of rotatable bonds is 2. The highest BCUT2D eigenvalue weighted by Gasteiger charge is 2.35. The van der Waals surface area contributed by atoms with E-state index in [1.54, 1.807) is 18.3 Å². The summed E-state index contributed by atoms with van der Waals surface area (Å²) in [6.07, 6.45) is 1.63. The van der Waals surface area contributed by atoms with Crippen molar-refractivity contribution in [3.05, 3.63) is 42.1 Å². The third kappa shape index (κ3) is 2.12. The van der Waals surface area contributed by atoms with Crippen LogP contribution >= 0.6 is 11.8 Å². The molecule has 0 saturated carbocycles. The largest absolute Gasteiger partial charge is 0.480 e. The van der Waals surface area contributed by atoms with Gasteiger partial charge in [0.2, 0.25) is 0 Å². The van der Waals surface area contributed by atoms with Crippen LogP contribution in [-0.4, -0.2) is 44.5 Å². The van der Waals surface area contributed by atoms with Crippen LogP contribution in [0.3, 0.4) is 0 Å². The zero-order valence-corrected chi connectivity index (χ0v) is 11.3. The summed E-state index contributed by atoms with van der Waals surface area (Å²) in [7, 11) is 0. The fourth-order valence-electron chi connectivity index (χ4n) is 2.28. The molecule has 1 aliphatic heterocycles. The van der Waals surface area contributed by atoms with Gasteiger partial charge in [0.05, 0.1) is 17.0 Å². The lowest BCUT2D eigenvalue weighted by Gasteiger charge is -2.20. The lowest BCUT2D eigenvalue weighted by molar-refractivity contribution is -0.140. The summed E-state index contributed by atoms with van der Waals surface area (Å²) < 4.78 is 0. The molecular weight excluding hydrogens is 276 g/mol. The van der Waals surface area contributed by atoms with Crippen molar-refractivity contribution in [3.8, 4) is 0 Å². The number of aliphatic carboxylic acids is 1. The smallest absolute Gasteiger partial charge is 0.327 e. The van der Waals surface area contributed by atoms with E-state index < -0.39 is 12.0 Å². The summed E-state index contributed by atoms with van der Waals surface area (Å²) in [5.41, 5.74) is 1.07. The predicted octanol–water partition coefficient (Wildman–Crippen LogP) is 1.83. The number of hydrogen-bond acceptors (Lipinski definition) is 4. The number of amides is 1. The third-order valence-electron chi connectivity index (χ3n) is 3.29. The second kappa shape index (κ2) is 5.13. The summed E-state index contributed by atoms with van der Waals surface area (Å²) >= 11 is 1.45. The van der Waals surface area contributed by atoms with Gasteiger partial charge in [-0.05, 0) is 12.1 Å². The number of fused-ring (bicyclic) bond motifs is 1. The molecule has 6 heteroatoms. The van der Waals surface area contributed by atoms with E-state index >= 15 is 0 Å². The summed E-state index contributed by atoms with van der Waals surface area (Å²) in [4.78, 5) is 29.4. The molecule has 0 unspecified atom stereocenters. The van der Waals surface area contributed by atoms with E-state index in [0.717, 1.165) is 5.39 Å². The first-order chi connectivity index (χ1) is 9.68. The Morgan fingerprint density at radius 2 is 2.10 bits per heavy atom. The molecule has 5 nitrogen and oxygen atoms in total. The Bertz CT molecular complexity index is 684. The maximum atomic E-state index is 12.6. The van der Waals surface area contributed by atoms with Crippen molar-refractivity contribution in [2.24, 2.45) is 0 Å². The van der Waals surface area contributed by atoms with Crippen LogP contribution in [0.4, 0.5) is 0 Å². The molecule has 2 aromatic rings. The van der Waals surface area contributed by atoms with Gasteiger partial charge in [-0.25, -0.2) is 4.79 Å². The Morgan fingerprint density at radius 1 is 1.30 bits per heavy atom. The number of thioether (sulfide) groups is 1. The van der Waals surface area contributed by atoms with Gasteiger partial charge in [-0.3, -0.25) is 9.78 Å². The lowest BCUT2D eigenvalue weighted by Crippen LogP contribution is -2.41. The molecule has 1 aromatic carbocycles. The van der Waals surface area contributed by atoms with Crippen molar-refractivity contribution >= 4 is 34.5 Å². The zero-order valence-electron chi connectivity index (χ0n) is 10.5. The highest BCUT2D eigenvalue weighted by atomic mass is 32.2. The van der Waals surface area contributed by atoms with Crippen molar-refractivity contribution in [1.29, 1.82) is 0 Å². The molecule has 0 spiro atoms. The summed E-state index contributed by atoms with van der Waals surface area (Å²) in [5.74, 6) is -0.401. The van der Waals surface area contributed by atoms with Gasteiger partial charge in [0, 0.05) is 17.3 Å². The molecule has 1 amide bonds. The van der Waals surface area contributed by atoms with Crippen molar-refractivity contribution < 1.29 is 14.7 Å². The van der Waals surface area contributed by atoms with E-state index in [9.17, 15) is 9.59 Å². The van der Waals surface area contributed by atoms with Crippen LogP contribution < -0.4 is 0 Å². The maximum Gasteiger partial charge on any atom is 0.327 e. The number of para-hydroxylation sites is 1. The van der Waals surface area contributed by atoms with Crippen LogP contribution in [0, 0.1) is 0 Å². The molecule has 1 N–H and O–H groups in total. The number of carbonyl (C=O) groups excluding carboxylic acids is 1. The second-order valence-corrected chi connectivity index (χ2v) is 5.51. The molecule has 102 valence electrons. The summed E-state index contributed by atoms with van der Waals surface area (Å²) in [5, 5.41) is 10.0. The number of carbonyl (C=O) groups is 2. The summed E-state index contributed by atoms with van der Waals surface area (Å²) in [6.45, 7) is 0. The topological polar surface area (TPSA) is 70.5 Å². The third-order valence-corrected chi connectivity index (χ3v) is 4.30. The van der Waals surface area contributed by atoms with Gasteiger partial charge in [-0.1, -0.05) is 18.2 Å². The van der Waals surface area contributed by atoms with Gasteiger partial charge < -0.3 is 10.0 Å². The van der Waals surface area contributed by atoms with E-state index in [1.165, 1.54) is 16.7 Å². The van der Waals surface area contributed by atoms with Gasteiger partial charge in [-0.2, -0.15) is 0 Å². The molecule has 2 heterocycles. The Labute approximate surface area is 119 Å². The number of hydrogen-bond donors (Lipinski definition) is 1. The van der Waals surface area contributed by atoms with Gasteiger partial charge in [0.15, 0.2) is 0 Å². The van der Waals surface area contributed by atoms with E-state index in [4.69, 9.17) is 5.11 Å². The molecule has 1 fully saturated rings. The van der Waals surface area contributed by atoms with Gasteiger partial charge in [0.1, 0.15) is 6.04 Å². The molecule has 0 radical (unpaired) electrons. The van der Waals surface area contributed by atoms with Crippen LogP contribution in [0.15, 0.2) is 36.5 Å². The fraction of sp³-hybridized carbons (Fsp3) is 0.214. The normalized spacial score (nSPS) is 18.4. The molecule has 1 aromatic heterocycles. The van der Waals surface area contributed by atoms with Gasteiger partial charge in [0.25, 0.3) is 5.91 Å². The molecule has 1 atom stereocenters. The number of nitrogens with zero attached hydrogens (tertiary/aromatic N) is 2. The molecule has 3 rings (SSSR count). The predicted molar refractivity (Wildman–Crippen MR) is 76.7 cm³/mol. The number of aromatic nitrogens is 1. The number of pyridine rings is 1. The van der Waals surface area contributed by atoms with Crippen molar-refractivity contribution in [2.75, 3.05) is 11.6 Å². The number of carboxylic acid groups (broad SMARTS) is 1. The van der Waals surface area contributed by atoms with Crippen LogP contribution in [0.25, 0.3) is 10.9 Å². The quantitative estimate of drug-likeness (QED) is 0.913. The van der Waals surface area contributed by atoms with Gasteiger partial charge in [-0.15, -0.1) is 11.8 Å². The molecule has 0 aliphatic carbocycles. The molecule has 0 bridgehead atoms. The van der Waals surface area contributed by atoms with E-state index in [2.05, 4.69) is 4.98 Å². The summed E-state index contributed by atoms with van der Waals surface area (Å²) in [6, 6.07) is 8.29. The minimum atomic E-state index is -0.962. The Hall–Kier alpha value is -2.08. The fourth-order valence-corrected chi connectivity index (χ4v) is 3.42. The SMILES string of the molecule is O=C(O)[C@@H]1CSCN1C(=O)c1cccc2cccnc12. The average molecular weight is 288 g/mol. The monoisotopic (exact) mass is 288 g/mol. The van der Waals surface area contributed by atoms with Crippen LogP contribution in [0.5, 0.6) is 0 Å². The van der Waals surface area contributed by atoms with Crippen molar-refractivity contribution in [2.45, 2.75) is 6.04 Å². The number of carboxylic acids is 1. The maximum absolute atomic E-state index is 12.6. The van der Waals surface area contributed by atoms with Gasteiger partial charge >= 0.3 is 5.97 Å². The highest BCUT2D eigenvalue weighted by molar-refractivity contribution is 7.99. The Balaban J connectivity index is 2.03. The first kappa shape index (κ1) is 12.9.